The maximum absolute atomic E-state index is 13.3. The summed E-state index contributed by atoms with van der Waals surface area (Å²) in [6, 6.07) is 4.33. The van der Waals surface area contributed by atoms with Gasteiger partial charge >= 0.3 is 0 Å². The number of nitrogens with one attached hydrogen (secondary N) is 1. The van der Waals surface area contributed by atoms with Gasteiger partial charge in [0.25, 0.3) is 0 Å². The van der Waals surface area contributed by atoms with Crippen molar-refractivity contribution in [3.8, 4) is 11.4 Å². The third-order valence-electron chi connectivity index (χ3n) is 3.29. The third-order valence-corrected chi connectivity index (χ3v) is 3.29. The predicted octanol–water partition coefficient (Wildman–Crippen LogP) is 1.58. The monoisotopic (exact) mass is 263 g/mol. The Hall–Kier alpha value is -1.79. The van der Waals surface area contributed by atoms with Gasteiger partial charge in [-0.3, -0.25) is 0 Å². The van der Waals surface area contributed by atoms with Gasteiger partial charge in [-0.25, -0.2) is 4.39 Å². The molecule has 1 aromatic carbocycles. The lowest BCUT2D eigenvalue weighted by Gasteiger charge is -2.02. The van der Waals surface area contributed by atoms with Gasteiger partial charge in [-0.1, -0.05) is 11.2 Å². The van der Waals surface area contributed by atoms with E-state index in [1.165, 1.54) is 12.1 Å². The number of aliphatic hydroxyl groups excluding tert-OH is 1. The Morgan fingerprint density at radius 2 is 2.32 bits per heavy atom. The normalized spacial score (nSPS) is 22.9. The van der Waals surface area contributed by atoms with Crippen LogP contribution in [-0.4, -0.2) is 27.9 Å². The molecule has 2 aromatic rings. The molecule has 0 bridgehead atoms. The Kier molecular flexibility index (Phi) is 3.04. The Balaban J connectivity index is 1.90. The number of nitrogens with zero attached hydrogens (tertiary/aromatic N) is 2. The zero-order valence-corrected chi connectivity index (χ0v) is 10.4. The smallest absolute Gasteiger partial charge is 0.244 e. The molecule has 2 atom stereocenters. The van der Waals surface area contributed by atoms with Crippen LogP contribution in [0.2, 0.25) is 0 Å². The highest BCUT2D eigenvalue weighted by Crippen LogP contribution is 2.26. The molecule has 1 fully saturated rings. The second-order valence-electron chi connectivity index (χ2n) is 4.77. The van der Waals surface area contributed by atoms with Gasteiger partial charge in [0, 0.05) is 12.1 Å². The molecule has 2 N–H and O–H groups in total. The van der Waals surface area contributed by atoms with E-state index < -0.39 is 6.10 Å². The average Bonchev–Trinajstić information content (AvgIpc) is 3.00. The van der Waals surface area contributed by atoms with Crippen LogP contribution in [0.25, 0.3) is 11.4 Å². The first-order valence-electron chi connectivity index (χ1n) is 6.15. The van der Waals surface area contributed by atoms with E-state index in [-0.39, 0.29) is 11.9 Å². The fourth-order valence-corrected chi connectivity index (χ4v) is 2.23. The Bertz CT molecular complexity index is 599. The van der Waals surface area contributed by atoms with Crippen molar-refractivity contribution in [1.29, 1.82) is 0 Å². The summed E-state index contributed by atoms with van der Waals surface area (Å²) in [6.45, 7) is 2.38. The molecule has 0 radical (unpaired) electrons. The standard InChI is InChI=1S/C13H14FN3O2/c1-7-2-3-8(14)4-10(7)12-16-13(19-17-12)11-5-9(18)6-15-11/h2-4,9,11,15,18H,5-6H2,1H3/t9-,11+/m1/s1. The maximum Gasteiger partial charge on any atom is 0.244 e. The lowest BCUT2D eigenvalue weighted by atomic mass is 10.1. The van der Waals surface area contributed by atoms with Crippen molar-refractivity contribution >= 4 is 0 Å². The largest absolute Gasteiger partial charge is 0.392 e. The number of hydrogen-bond donors (Lipinski definition) is 2. The molecule has 1 aromatic heterocycles. The van der Waals surface area contributed by atoms with Crippen LogP contribution in [0.1, 0.15) is 23.9 Å². The summed E-state index contributed by atoms with van der Waals surface area (Å²) in [5.74, 6) is 0.465. The number of rotatable bonds is 2. The Morgan fingerprint density at radius 1 is 1.47 bits per heavy atom. The summed E-state index contributed by atoms with van der Waals surface area (Å²) in [7, 11) is 0. The average molecular weight is 263 g/mol. The fourth-order valence-electron chi connectivity index (χ4n) is 2.23. The number of benzene rings is 1. The van der Waals surface area contributed by atoms with Crippen LogP contribution < -0.4 is 5.32 Å². The van der Waals surface area contributed by atoms with Crippen LogP contribution in [0.15, 0.2) is 22.7 Å². The van der Waals surface area contributed by atoms with Crippen molar-refractivity contribution in [3.05, 3.63) is 35.5 Å². The van der Waals surface area contributed by atoms with E-state index in [0.717, 1.165) is 5.56 Å². The minimum atomic E-state index is -0.392. The van der Waals surface area contributed by atoms with Crippen molar-refractivity contribution in [2.75, 3.05) is 6.54 Å². The molecule has 3 rings (SSSR count). The van der Waals surface area contributed by atoms with E-state index in [1.807, 2.05) is 6.92 Å². The van der Waals surface area contributed by atoms with Gasteiger partial charge in [0.15, 0.2) is 0 Å². The molecular weight excluding hydrogens is 249 g/mol. The second kappa shape index (κ2) is 4.71. The van der Waals surface area contributed by atoms with Crippen LogP contribution >= 0.6 is 0 Å². The van der Waals surface area contributed by atoms with Crippen molar-refractivity contribution < 1.29 is 14.0 Å². The first-order chi connectivity index (χ1) is 9.13. The van der Waals surface area contributed by atoms with Crippen molar-refractivity contribution in [2.45, 2.75) is 25.5 Å². The van der Waals surface area contributed by atoms with Crippen molar-refractivity contribution in [2.24, 2.45) is 0 Å². The van der Waals surface area contributed by atoms with Gasteiger partial charge in [0.1, 0.15) is 5.82 Å². The van der Waals surface area contributed by atoms with Gasteiger partial charge in [0.05, 0.1) is 12.1 Å². The van der Waals surface area contributed by atoms with Gasteiger partial charge in [-0.05, 0) is 31.0 Å². The van der Waals surface area contributed by atoms with Crippen LogP contribution in [0.4, 0.5) is 4.39 Å². The number of aliphatic hydroxyl groups is 1. The van der Waals surface area contributed by atoms with Crippen LogP contribution in [0, 0.1) is 12.7 Å². The molecule has 1 saturated heterocycles. The minimum absolute atomic E-state index is 0.134. The maximum atomic E-state index is 13.3. The van der Waals surface area contributed by atoms with E-state index in [2.05, 4.69) is 15.5 Å². The lowest BCUT2D eigenvalue weighted by Crippen LogP contribution is -2.15. The molecule has 5 nitrogen and oxygen atoms in total. The molecule has 0 unspecified atom stereocenters. The molecule has 1 aliphatic heterocycles. The van der Waals surface area contributed by atoms with Crippen LogP contribution in [0.5, 0.6) is 0 Å². The highest BCUT2D eigenvalue weighted by Gasteiger charge is 2.28. The third kappa shape index (κ3) is 2.36. The highest BCUT2D eigenvalue weighted by molar-refractivity contribution is 5.59. The van der Waals surface area contributed by atoms with E-state index in [0.29, 0.717) is 30.2 Å². The quantitative estimate of drug-likeness (QED) is 0.860. The van der Waals surface area contributed by atoms with E-state index >= 15 is 0 Å². The molecule has 2 heterocycles. The minimum Gasteiger partial charge on any atom is -0.392 e. The number of aryl methyl sites for hydroxylation is 1. The molecule has 0 spiro atoms. The summed E-state index contributed by atoms with van der Waals surface area (Å²) in [5, 5.41) is 16.4. The molecule has 6 heteroatoms. The predicted molar refractivity (Wildman–Crippen MR) is 65.8 cm³/mol. The Labute approximate surface area is 109 Å². The molecule has 0 saturated carbocycles. The first kappa shape index (κ1) is 12.3. The van der Waals surface area contributed by atoms with Crippen molar-refractivity contribution in [1.82, 2.24) is 15.5 Å². The number of aromatic nitrogens is 2. The Morgan fingerprint density at radius 3 is 3.05 bits per heavy atom. The molecule has 0 aliphatic carbocycles. The van der Waals surface area contributed by atoms with E-state index in [9.17, 15) is 9.50 Å². The van der Waals surface area contributed by atoms with Crippen LogP contribution in [-0.2, 0) is 0 Å². The van der Waals surface area contributed by atoms with Crippen molar-refractivity contribution in [3.63, 3.8) is 0 Å². The number of halogens is 1. The van der Waals surface area contributed by atoms with Gasteiger partial charge in [0.2, 0.25) is 11.7 Å². The molecule has 1 aliphatic rings. The zero-order chi connectivity index (χ0) is 13.4. The van der Waals surface area contributed by atoms with E-state index in [1.54, 1.807) is 6.07 Å². The SMILES string of the molecule is Cc1ccc(F)cc1-c1noc([C@@H]2C[C@@H](O)CN2)n1. The fraction of sp³-hybridized carbons (Fsp3) is 0.385. The lowest BCUT2D eigenvalue weighted by molar-refractivity contribution is 0.191. The first-order valence-corrected chi connectivity index (χ1v) is 6.15. The molecule has 100 valence electrons. The summed E-state index contributed by atoms with van der Waals surface area (Å²) in [6.07, 6.45) is 0.153. The summed E-state index contributed by atoms with van der Waals surface area (Å²) in [4.78, 5) is 4.28. The summed E-state index contributed by atoms with van der Waals surface area (Å²) < 4.78 is 18.4. The molecular formula is C13H14FN3O2. The highest BCUT2D eigenvalue weighted by atomic mass is 19.1. The van der Waals surface area contributed by atoms with Gasteiger partial charge < -0.3 is 14.9 Å². The molecule has 19 heavy (non-hydrogen) atoms. The number of β-amino-alcohol motifs (C(OH)–C–C–N with tert-alkyl or cyclic N) is 1. The zero-order valence-electron chi connectivity index (χ0n) is 10.4. The van der Waals surface area contributed by atoms with Crippen LogP contribution in [0.3, 0.4) is 0 Å². The number of hydrogen-bond acceptors (Lipinski definition) is 5. The second-order valence-corrected chi connectivity index (χ2v) is 4.77. The van der Waals surface area contributed by atoms with Gasteiger partial charge in [-0.15, -0.1) is 0 Å². The summed E-state index contributed by atoms with van der Waals surface area (Å²) >= 11 is 0. The van der Waals surface area contributed by atoms with Gasteiger partial charge in [-0.2, -0.15) is 4.98 Å². The van der Waals surface area contributed by atoms with E-state index in [4.69, 9.17) is 4.52 Å². The summed E-state index contributed by atoms with van der Waals surface area (Å²) in [5.41, 5.74) is 1.50. The molecule has 0 amide bonds. The topological polar surface area (TPSA) is 71.2 Å².